The molecule has 0 unspecified atom stereocenters. The highest BCUT2D eigenvalue weighted by Crippen LogP contribution is 2.20. The van der Waals surface area contributed by atoms with Crippen molar-refractivity contribution >= 4 is 37.5 Å². The number of carbonyl (C=O) groups is 1. The Kier molecular flexibility index (Phi) is 7.25. The van der Waals surface area contributed by atoms with Gasteiger partial charge in [0.1, 0.15) is 0 Å². The minimum Gasteiger partial charge on any atom is -0.312 e. The normalized spacial score (nSPS) is 12.6. The van der Waals surface area contributed by atoms with Crippen LogP contribution in [0.5, 0.6) is 0 Å². The average molecular weight is 458 g/mol. The van der Waals surface area contributed by atoms with Crippen molar-refractivity contribution in [3.05, 3.63) is 71.0 Å². The van der Waals surface area contributed by atoms with Crippen LogP contribution in [0.3, 0.4) is 0 Å². The number of hydrogen-bond acceptors (Lipinski definition) is 4. The van der Waals surface area contributed by atoms with E-state index in [4.69, 9.17) is 0 Å². The monoisotopic (exact) mass is 457 g/mol. The van der Waals surface area contributed by atoms with Gasteiger partial charge in [0.2, 0.25) is 10.0 Å². The first-order valence-electron chi connectivity index (χ1n) is 10.3. The SMILES string of the molecule is C=CCn1c(=NC(=O)c2ccc(S(=O)(=O)N(CC)CC)cc2)sc2cc(CC)ccc21. The molecule has 0 atom stereocenters. The lowest BCUT2D eigenvalue weighted by Gasteiger charge is -2.18. The summed E-state index contributed by atoms with van der Waals surface area (Å²) in [7, 11) is -3.56. The number of benzene rings is 2. The van der Waals surface area contributed by atoms with Crippen LogP contribution >= 0.6 is 11.3 Å². The fraction of sp³-hybridized carbons (Fsp3) is 0.304. The summed E-state index contributed by atoms with van der Waals surface area (Å²) in [6, 6.07) is 12.2. The molecule has 0 aliphatic heterocycles. The Morgan fingerprint density at radius 2 is 1.81 bits per heavy atom. The summed E-state index contributed by atoms with van der Waals surface area (Å²) in [5.41, 5.74) is 2.58. The maximum Gasteiger partial charge on any atom is 0.279 e. The fourth-order valence-corrected chi connectivity index (χ4v) is 5.92. The smallest absolute Gasteiger partial charge is 0.279 e. The fourth-order valence-electron chi connectivity index (χ4n) is 3.36. The topological polar surface area (TPSA) is 71.7 Å². The van der Waals surface area contributed by atoms with Gasteiger partial charge in [-0.2, -0.15) is 9.30 Å². The summed E-state index contributed by atoms with van der Waals surface area (Å²) in [6.07, 6.45) is 2.71. The van der Waals surface area contributed by atoms with E-state index in [0.29, 0.717) is 30.0 Å². The van der Waals surface area contributed by atoms with E-state index in [2.05, 4.69) is 30.6 Å². The van der Waals surface area contributed by atoms with Crippen LogP contribution in [0.25, 0.3) is 10.2 Å². The highest BCUT2D eigenvalue weighted by atomic mass is 32.2. The van der Waals surface area contributed by atoms with Gasteiger partial charge in [-0.05, 0) is 48.4 Å². The molecule has 0 N–H and O–H groups in total. The van der Waals surface area contributed by atoms with Gasteiger partial charge in [-0.3, -0.25) is 4.79 Å². The van der Waals surface area contributed by atoms with E-state index in [1.165, 1.54) is 45.5 Å². The third-order valence-electron chi connectivity index (χ3n) is 5.11. The largest absolute Gasteiger partial charge is 0.312 e. The molecule has 0 saturated carbocycles. The number of amides is 1. The number of thiazole rings is 1. The Hall–Kier alpha value is -2.55. The van der Waals surface area contributed by atoms with Crippen molar-refractivity contribution < 1.29 is 13.2 Å². The van der Waals surface area contributed by atoms with Crippen LogP contribution in [0.1, 0.15) is 36.7 Å². The Morgan fingerprint density at radius 3 is 2.39 bits per heavy atom. The quantitative estimate of drug-likeness (QED) is 0.476. The lowest BCUT2D eigenvalue weighted by Crippen LogP contribution is -2.30. The van der Waals surface area contributed by atoms with Crippen molar-refractivity contribution in [2.24, 2.45) is 4.99 Å². The first-order valence-corrected chi connectivity index (χ1v) is 12.5. The minimum atomic E-state index is -3.56. The molecule has 164 valence electrons. The van der Waals surface area contributed by atoms with Gasteiger partial charge in [0, 0.05) is 25.2 Å². The molecule has 8 heteroatoms. The van der Waals surface area contributed by atoms with E-state index >= 15 is 0 Å². The molecule has 0 fully saturated rings. The van der Waals surface area contributed by atoms with E-state index in [0.717, 1.165) is 16.6 Å². The number of fused-ring (bicyclic) bond motifs is 1. The van der Waals surface area contributed by atoms with Crippen LogP contribution in [-0.4, -0.2) is 36.3 Å². The molecule has 2 aromatic carbocycles. The molecule has 6 nitrogen and oxygen atoms in total. The summed E-state index contributed by atoms with van der Waals surface area (Å²) >= 11 is 1.46. The Labute approximate surface area is 187 Å². The summed E-state index contributed by atoms with van der Waals surface area (Å²) in [5.74, 6) is -0.410. The predicted octanol–water partition coefficient (Wildman–Crippen LogP) is 4.22. The molecule has 31 heavy (non-hydrogen) atoms. The second-order valence-corrected chi connectivity index (χ2v) is 9.92. The van der Waals surface area contributed by atoms with Crippen LogP contribution < -0.4 is 4.80 Å². The first-order chi connectivity index (χ1) is 14.8. The van der Waals surface area contributed by atoms with Crippen molar-refractivity contribution in [2.45, 2.75) is 38.6 Å². The zero-order valence-corrected chi connectivity index (χ0v) is 19.7. The third-order valence-corrected chi connectivity index (χ3v) is 8.21. The molecule has 1 aromatic heterocycles. The molecular formula is C23H27N3O3S2. The second kappa shape index (κ2) is 9.72. The molecule has 0 aliphatic carbocycles. The lowest BCUT2D eigenvalue weighted by molar-refractivity contribution is 0.0997. The highest BCUT2D eigenvalue weighted by molar-refractivity contribution is 7.89. The molecule has 3 aromatic rings. The molecule has 1 heterocycles. The number of hydrogen-bond donors (Lipinski definition) is 0. The maximum atomic E-state index is 12.8. The Bertz CT molecular complexity index is 1270. The number of nitrogens with zero attached hydrogens (tertiary/aromatic N) is 3. The van der Waals surface area contributed by atoms with E-state index in [9.17, 15) is 13.2 Å². The number of carbonyl (C=O) groups excluding carboxylic acids is 1. The summed E-state index contributed by atoms with van der Waals surface area (Å²) < 4.78 is 29.7. The van der Waals surface area contributed by atoms with Gasteiger partial charge in [0.15, 0.2) is 4.80 Å². The zero-order valence-electron chi connectivity index (χ0n) is 18.0. The van der Waals surface area contributed by atoms with Crippen LogP contribution in [0.2, 0.25) is 0 Å². The maximum absolute atomic E-state index is 12.8. The first kappa shape index (κ1) is 23.1. The van der Waals surface area contributed by atoms with Crippen LogP contribution in [0.15, 0.2) is 65.0 Å². The van der Waals surface area contributed by atoms with Gasteiger partial charge < -0.3 is 4.57 Å². The number of allylic oxidation sites excluding steroid dienone is 1. The number of aryl methyl sites for hydroxylation is 1. The van der Waals surface area contributed by atoms with E-state index in [1.807, 2.05) is 10.6 Å². The van der Waals surface area contributed by atoms with Crippen LogP contribution in [-0.2, 0) is 23.0 Å². The Morgan fingerprint density at radius 1 is 1.13 bits per heavy atom. The van der Waals surface area contributed by atoms with Crippen molar-refractivity contribution in [3.8, 4) is 0 Å². The van der Waals surface area contributed by atoms with Crippen LogP contribution in [0, 0.1) is 0 Å². The molecule has 0 radical (unpaired) electrons. The van der Waals surface area contributed by atoms with Gasteiger partial charge in [0.25, 0.3) is 5.91 Å². The van der Waals surface area contributed by atoms with E-state index in [1.54, 1.807) is 19.9 Å². The average Bonchev–Trinajstić information content (AvgIpc) is 3.10. The van der Waals surface area contributed by atoms with E-state index < -0.39 is 15.9 Å². The molecule has 0 saturated heterocycles. The standard InChI is InChI=1S/C23H27N3O3S2/c1-5-15-26-20-14-9-17(6-2)16-21(20)30-23(26)24-22(27)18-10-12-19(13-11-18)31(28,29)25(7-3)8-4/h5,9-14,16H,1,6-8,15H2,2-4H3. The van der Waals surface area contributed by atoms with E-state index in [-0.39, 0.29) is 4.90 Å². The van der Waals surface area contributed by atoms with Gasteiger partial charge in [-0.15, -0.1) is 6.58 Å². The summed E-state index contributed by atoms with van der Waals surface area (Å²) in [5, 5.41) is 0. The van der Waals surface area contributed by atoms with Crippen LogP contribution in [0.4, 0.5) is 0 Å². The molecular weight excluding hydrogens is 430 g/mol. The van der Waals surface area contributed by atoms with Crippen molar-refractivity contribution in [1.29, 1.82) is 0 Å². The Balaban J connectivity index is 1.99. The van der Waals surface area contributed by atoms with Crippen molar-refractivity contribution in [3.63, 3.8) is 0 Å². The summed E-state index contributed by atoms with van der Waals surface area (Å²) in [6.45, 7) is 10.8. The van der Waals surface area contributed by atoms with Gasteiger partial charge >= 0.3 is 0 Å². The minimum absolute atomic E-state index is 0.170. The molecule has 0 spiro atoms. The van der Waals surface area contributed by atoms with Crippen molar-refractivity contribution in [2.75, 3.05) is 13.1 Å². The number of sulfonamides is 1. The van der Waals surface area contributed by atoms with Crippen molar-refractivity contribution in [1.82, 2.24) is 8.87 Å². The molecule has 0 bridgehead atoms. The van der Waals surface area contributed by atoms with Gasteiger partial charge in [-0.25, -0.2) is 8.42 Å². The third kappa shape index (κ3) is 4.71. The summed E-state index contributed by atoms with van der Waals surface area (Å²) in [4.78, 5) is 17.9. The lowest BCUT2D eigenvalue weighted by atomic mass is 10.2. The molecule has 0 aliphatic rings. The second-order valence-electron chi connectivity index (χ2n) is 6.97. The van der Waals surface area contributed by atoms with Gasteiger partial charge in [0.05, 0.1) is 15.1 Å². The number of rotatable bonds is 8. The molecule has 3 rings (SSSR count). The predicted molar refractivity (Wildman–Crippen MR) is 126 cm³/mol. The van der Waals surface area contributed by atoms with Gasteiger partial charge in [-0.1, -0.05) is 44.3 Å². The number of aromatic nitrogens is 1. The molecule has 1 amide bonds. The zero-order chi connectivity index (χ0) is 22.6. The highest BCUT2D eigenvalue weighted by Gasteiger charge is 2.21.